The summed E-state index contributed by atoms with van der Waals surface area (Å²) in [5.41, 5.74) is 0. The zero-order chi connectivity index (χ0) is 14.6. The van der Waals surface area contributed by atoms with Gasteiger partial charge in [0.1, 0.15) is 0 Å². The fourth-order valence-corrected chi connectivity index (χ4v) is 2.92. The molecule has 0 atom stereocenters. The Hall–Kier alpha value is -0.433. The summed E-state index contributed by atoms with van der Waals surface area (Å²) in [5.74, 6) is -0.314. The molecule has 0 radical (unpaired) electrons. The molecule has 0 saturated carbocycles. The summed E-state index contributed by atoms with van der Waals surface area (Å²) in [5, 5.41) is 0. The van der Waals surface area contributed by atoms with E-state index in [0.29, 0.717) is 6.42 Å². The van der Waals surface area contributed by atoms with Gasteiger partial charge in [0.15, 0.2) is 0 Å². The van der Waals surface area contributed by atoms with Gasteiger partial charge >= 0.3 is 9.05 Å². The van der Waals surface area contributed by atoms with Crippen molar-refractivity contribution in [2.75, 3.05) is 21.3 Å². The second-order valence-corrected chi connectivity index (χ2v) is 6.89. The molecule has 0 rings (SSSR count). The number of rotatable bonds is 12. The topological polar surface area (TPSA) is 54.0 Å². The van der Waals surface area contributed by atoms with E-state index in [1.165, 1.54) is 53.4 Å². The SMILES string of the molecule is CCCCCCCCCC(=O)O[Si](OC)(OC)OC. The molecule has 114 valence electrons. The molecule has 0 aliphatic heterocycles. The molecule has 5 nitrogen and oxygen atoms in total. The van der Waals surface area contributed by atoms with Crippen LogP contribution in [0.1, 0.15) is 58.3 Å². The van der Waals surface area contributed by atoms with E-state index in [-0.39, 0.29) is 5.97 Å². The zero-order valence-electron chi connectivity index (χ0n) is 12.7. The van der Waals surface area contributed by atoms with Gasteiger partial charge in [-0.05, 0) is 6.42 Å². The third kappa shape index (κ3) is 8.36. The van der Waals surface area contributed by atoms with Crippen molar-refractivity contribution in [1.29, 1.82) is 0 Å². The Balaban J connectivity index is 3.69. The molecule has 0 aromatic carbocycles. The first kappa shape index (κ1) is 18.6. The molecule has 0 aromatic heterocycles. The van der Waals surface area contributed by atoms with Gasteiger partial charge in [0.05, 0.1) is 0 Å². The quantitative estimate of drug-likeness (QED) is 0.409. The van der Waals surface area contributed by atoms with Crippen LogP contribution >= 0.6 is 0 Å². The lowest BCUT2D eigenvalue weighted by molar-refractivity contribution is -0.143. The van der Waals surface area contributed by atoms with Crippen molar-refractivity contribution in [3.8, 4) is 0 Å². The normalized spacial score (nSPS) is 11.6. The van der Waals surface area contributed by atoms with Crippen LogP contribution in [0.2, 0.25) is 0 Å². The molecule has 0 N–H and O–H groups in total. The average molecular weight is 292 g/mol. The summed E-state index contributed by atoms with van der Waals surface area (Å²) in [4.78, 5) is 11.6. The molecule has 19 heavy (non-hydrogen) atoms. The van der Waals surface area contributed by atoms with Gasteiger partial charge in [0.2, 0.25) is 0 Å². The number of hydrogen-bond donors (Lipinski definition) is 0. The van der Waals surface area contributed by atoms with E-state index in [2.05, 4.69) is 6.92 Å². The molecule has 6 heteroatoms. The summed E-state index contributed by atoms with van der Waals surface area (Å²) in [6, 6.07) is 0. The minimum Gasteiger partial charge on any atom is -0.452 e. The summed E-state index contributed by atoms with van der Waals surface area (Å²) < 4.78 is 20.3. The third-order valence-electron chi connectivity index (χ3n) is 2.97. The zero-order valence-corrected chi connectivity index (χ0v) is 13.7. The fourth-order valence-electron chi connectivity index (χ4n) is 1.79. The minimum absolute atomic E-state index is 0.314. The highest BCUT2D eigenvalue weighted by Gasteiger charge is 2.46. The Kier molecular flexibility index (Phi) is 11.1. The highest BCUT2D eigenvalue weighted by molar-refractivity contribution is 6.55. The van der Waals surface area contributed by atoms with Gasteiger partial charge in [-0.15, -0.1) is 0 Å². The molecular weight excluding hydrogens is 264 g/mol. The lowest BCUT2D eigenvalue weighted by Crippen LogP contribution is -2.48. The molecule has 0 heterocycles. The lowest BCUT2D eigenvalue weighted by Gasteiger charge is -2.22. The summed E-state index contributed by atoms with van der Waals surface area (Å²) in [6.45, 7) is 2.20. The van der Waals surface area contributed by atoms with Crippen LogP contribution in [0.25, 0.3) is 0 Å². The van der Waals surface area contributed by atoms with Crippen molar-refractivity contribution >= 4 is 15.0 Å². The van der Waals surface area contributed by atoms with Gasteiger partial charge < -0.3 is 17.7 Å². The molecule has 0 unspecified atom stereocenters. The van der Waals surface area contributed by atoms with Crippen LogP contribution in [0.3, 0.4) is 0 Å². The van der Waals surface area contributed by atoms with Gasteiger partial charge in [0, 0.05) is 27.8 Å². The Bertz CT molecular complexity index is 223. The first-order chi connectivity index (χ1) is 9.14. The van der Waals surface area contributed by atoms with Gasteiger partial charge in [-0.3, -0.25) is 4.79 Å². The molecular formula is C13H28O5Si. The largest absolute Gasteiger partial charge is 0.750 e. The molecule has 0 aromatic rings. The Labute approximate surface area is 118 Å². The van der Waals surface area contributed by atoms with Crippen LogP contribution in [0.5, 0.6) is 0 Å². The number of hydrogen-bond acceptors (Lipinski definition) is 5. The maximum atomic E-state index is 11.6. The van der Waals surface area contributed by atoms with Crippen LogP contribution < -0.4 is 0 Å². The monoisotopic (exact) mass is 292 g/mol. The Morgan fingerprint density at radius 3 is 1.79 bits per heavy atom. The van der Waals surface area contributed by atoms with E-state index in [0.717, 1.165) is 12.8 Å². The number of carbonyl (C=O) groups is 1. The second kappa shape index (κ2) is 11.4. The lowest BCUT2D eigenvalue weighted by atomic mass is 10.1. The molecule has 0 bridgehead atoms. The van der Waals surface area contributed by atoms with Gasteiger partial charge in [-0.1, -0.05) is 45.4 Å². The first-order valence-corrected chi connectivity index (χ1v) is 8.64. The second-order valence-electron chi connectivity index (χ2n) is 4.46. The highest BCUT2D eigenvalue weighted by atomic mass is 28.4. The minimum atomic E-state index is -3.22. The maximum Gasteiger partial charge on any atom is 0.750 e. The maximum absolute atomic E-state index is 11.6. The van der Waals surface area contributed by atoms with Crippen LogP contribution in [0, 0.1) is 0 Å². The first-order valence-electron chi connectivity index (χ1n) is 7.01. The van der Waals surface area contributed by atoms with Crippen molar-refractivity contribution in [2.24, 2.45) is 0 Å². The van der Waals surface area contributed by atoms with E-state index in [1.54, 1.807) is 0 Å². The van der Waals surface area contributed by atoms with Gasteiger partial charge in [0.25, 0.3) is 5.97 Å². The van der Waals surface area contributed by atoms with Gasteiger partial charge in [-0.2, -0.15) is 0 Å². The van der Waals surface area contributed by atoms with Crippen molar-refractivity contribution in [3.05, 3.63) is 0 Å². The van der Waals surface area contributed by atoms with E-state index in [1.807, 2.05) is 0 Å². The molecule has 0 saturated heterocycles. The van der Waals surface area contributed by atoms with Crippen molar-refractivity contribution in [3.63, 3.8) is 0 Å². The van der Waals surface area contributed by atoms with Crippen LogP contribution in [-0.2, 0) is 22.5 Å². The predicted molar refractivity (Wildman–Crippen MR) is 75.5 cm³/mol. The Morgan fingerprint density at radius 2 is 1.32 bits per heavy atom. The molecule has 0 fully saturated rings. The average Bonchev–Trinajstić information content (AvgIpc) is 2.44. The van der Waals surface area contributed by atoms with Crippen LogP contribution in [-0.4, -0.2) is 36.3 Å². The van der Waals surface area contributed by atoms with Crippen LogP contribution in [0.4, 0.5) is 0 Å². The van der Waals surface area contributed by atoms with E-state index in [4.69, 9.17) is 17.7 Å². The fraction of sp³-hybridized carbons (Fsp3) is 0.923. The predicted octanol–water partition coefficient (Wildman–Crippen LogP) is 3.05. The molecule has 0 spiro atoms. The summed E-state index contributed by atoms with van der Waals surface area (Å²) in [7, 11) is 1.03. The Morgan fingerprint density at radius 1 is 0.842 bits per heavy atom. The van der Waals surface area contributed by atoms with E-state index >= 15 is 0 Å². The van der Waals surface area contributed by atoms with Crippen molar-refractivity contribution < 1.29 is 22.5 Å². The number of carbonyl (C=O) groups excluding carboxylic acids is 1. The smallest absolute Gasteiger partial charge is 0.452 e. The summed E-state index contributed by atoms with van der Waals surface area (Å²) >= 11 is 0. The van der Waals surface area contributed by atoms with Gasteiger partial charge in [-0.25, -0.2) is 0 Å². The molecule has 0 aliphatic rings. The molecule has 0 aliphatic carbocycles. The van der Waals surface area contributed by atoms with Crippen molar-refractivity contribution in [1.82, 2.24) is 0 Å². The highest BCUT2D eigenvalue weighted by Crippen LogP contribution is 2.12. The number of unbranched alkanes of at least 4 members (excludes halogenated alkanes) is 6. The van der Waals surface area contributed by atoms with E-state index < -0.39 is 9.05 Å². The third-order valence-corrected chi connectivity index (χ3v) is 4.95. The molecule has 0 amide bonds. The van der Waals surface area contributed by atoms with E-state index in [9.17, 15) is 4.79 Å². The van der Waals surface area contributed by atoms with Crippen molar-refractivity contribution in [2.45, 2.75) is 58.3 Å². The summed E-state index contributed by atoms with van der Waals surface area (Å²) in [6.07, 6.45) is 8.54. The van der Waals surface area contributed by atoms with Crippen LogP contribution in [0.15, 0.2) is 0 Å². The standard InChI is InChI=1S/C13H28O5Si/c1-5-6-7-8-9-10-11-12-13(14)18-19(15-2,16-3)17-4/h5-12H2,1-4H3.